The molecule has 0 heterocycles. The standard InChI is InChI=1S/C21H30N4O/c1-4-22-21(23-14-13-20(26)25(5-2)6-3)24-16-17-11-12-18-9-7-8-10-19(18)15-17/h7-12,15H,4-6,13-14,16H2,1-3H3,(H2,22,23,24). The summed E-state index contributed by atoms with van der Waals surface area (Å²) in [6.07, 6.45) is 0.474. The van der Waals surface area contributed by atoms with E-state index < -0.39 is 0 Å². The van der Waals surface area contributed by atoms with E-state index in [1.807, 2.05) is 37.8 Å². The van der Waals surface area contributed by atoms with Gasteiger partial charge in [-0.2, -0.15) is 0 Å². The molecule has 140 valence electrons. The summed E-state index contributed by atoms with van der Waals surface area (Å²) in [4.78, 5) is 18.6. The van der Waals surface area contributed by atoms with E-state index in [9.17, 15) is 4.79 Å². The molecular formula is C21H30N4O. The fourth-order valence-electron chi connectivity index (χ4n) is 2.87. The maximum absolute atomic E-state index is 12.1. The van der Waals surface area contributed by atoms with Crippen molar-refractivity contribution in [1.29, 1.82) is 0 Å². The third-order valence-corrected chi connectivity index (χ3v) is 4.33. The van der Waals surface area contributed by atoms with E-state index in [0.29, 0.717) is 19.5 Å². The van der Waals surface area contributed by atoms with Crippen LogP contribution in [0, 0.1) is 0 Å². The Morgan fingerprint density at radius 2 is 1.73 bits per heavy atom. The van der Waals surface area contributed by atoms with Crippen molar-refractivity contribution in [3.63, 3.8) is 0 Å². The number of aliphatic imine (C=N–C) groups is 1. The number of benzene rings is 2. The Morgan fingerprint density at radius 3 is 2.42 bits per heavy atom. The molecule has 0 saturated carbocycles. The number of fused-ring (bicyclic) bond motifs is 1. The molecule has 1 amide bonds. The number of hydrogen-bond acceptors (Lipinski definition) is 2. The Kier molecular flexibility index (Phi) is 7.93. The molecule has 2 aromatic carbocycles. The second-order valence-corrected chi connectivity index (χ2v) is 6.12. The summed E-state index contributed by atoms with van der Waals surface area (Å²) in [5, 5.41) is 8.95. The van der Waals surface area contributed by atoms with Crippen molar-refractivity contribution >= 4 is 22.6 Å². The van der Waals surface area contributed by atoms with E-state index >= 15 is 0 Å². The number of rotatable bonds is 8. The normalized spacial score (nSPS) is 11.4. The zero-order valence-corrected chi connectivity index (χ0v) is 16.1. The summed E-state index contributed by atoms with van der Waals surface area (Å²) in [5.74, 6) is 0.917. The summed E-state index contributed by atoms with van der Waals surface area (Å²) in [6, 6.07) is 14.7. The van der Waals surface area contributed by atoms with Gasteiger partial charge in [0.05, 0.1) is 6.54 Å². The number of nitrogens with one attached hydrogen (secondary N) is 2. The van der Waals surface area contributed by atoms with E-state index in [1.54, 1.807) is 0 Å². The van der Waals surface area contributed by atoms with Crippen LogP contribution in [0.4, 0.5) is 0 Å². The monoisotopic (exact) mass is 354 g/mol. The molecule has 0 fully saturated rings. The minimum absolute atomic E-state index is 0.174. The highest BCUT2D eigenvalue weighted by atomic mass is 16.2. The molecule has 0 unspecified atom stereocenters. The Hall–Kier alpha value is -2.56. The highest BCUT2D eigenvalue weighted by Gasteiger charge is 2.09. The van der Waals surface area contributed by atoms with E-state index in [0.717, 1.165) is 25.6 Å². The SMILES string of the molecule is CCNC(=NCc1ccc2ccccc2c1)NCCC(=O)N(CC)CC. The van der Waals surface area contributed by atoms with Gasteiger partial charge < -0.3 is 15.5 Å². The lowest BCUT2D eigenvalue weighted by atomic mass is 10.1. The lowest BCUT2D eigenvalue weighted by Crippen LogP contribution is -2.40. The minimum atomic E-state index is 0.174. The first-order valence-corrected chi connectivity index (χ1v) is 9.45. The van der Waals surface area contributed by atoms with Crippen LogP contribution < -0.4 is 10.6 Å². The van der Waals surface area contributed by atoms with Crippen molar-refractivity contribution in [2.75, 3.05) is 26.2 Å². The summed E-state index contributed by atoms with van der Waals surface area (Å²) in [5.41, 5.74) is 1.17. The lowest BCUT2D eigenvalue weighted by Gasteiger charge is -2.19. The van der Waals surface area contributed by atoms with Gasteiger partial charge in [-0.05, 0) is 43.2 Å². The molecule has 0 aliphatic carbocycles. The number of guanidine groups is 1. The maximum atomic E-state index is 12.1. The summed E-state index contributed by atoms with van der Waals surface area (Å²) < 4.78 is 0. The molecule has 2 N–H and O–H groups in total. The molecule has 0 aliphatic heterocycles. The Labute approximate surface area is 156 Å². The molecule has 0 aliphatic rings. The molecule has 2 rings (SSSR count). The van der Waals surface area contributed by atoms with Crippen molar-refractivity contribution in [3.05, 3.63) is 48.0 Å². The first-order valence-electron chi connectivity index (χ1n) is 9.45. The second kappa shape index (κ2) is 10.4. The zero-order chi connectivity index (χ0) is 18.8. The zero-order valence-electron chi connectivity index (χ0n) is 16.1. The van der Waals surface area contributed by atoms with Gasteiger partial charge in [0.2, 0.25) is 5.91 Å². The Bertz CT molecular complexity index is 738. The van der Waals surface area contributed by atoms with Gasteiger partial charge in [-0.15, -0.1) is 0 Å². The number of nitrogens with zero attached hydrogens (tertiary/aromatic N) is 2. The summed E-state index contributed by atoms with van der Waals surface area (Å²) in [6.45, 7) is 9.52. The minimum Gasteiger partial charge on any atom is -0.357 e. The van der Waals surface area contributed by atoms with Crippen LogP contribution in [-0.4, -0.2) is 42.9 Å². The quantitative estimate of drug-likeness (QED) is 0.565. The molecule has 26 heavy (non-hydrogen) atoms. The second-order valence-electron chi connectivity index (χ2n) is 6.12. The third-order valence-electron chi connectivity index (χ3n) is 4.33. The topological polar surface area (TPSA) is 56.7 Å². The first-order chi connectivity index (χ1) is 12.7. The molecule has 5 heteroatoms. The fourth-order valence-corrected chi connectivity index (χ4v) is 2.87. The molecule has 0 saturated heterocycles. The largest absolute Gasteiger partial charge is 0.357 e. The van der Waals surface area contributed by atoms with Crippen molar-refractivity contribution < 1.29 is 4.79 Å². The van der Waals surface area contributed by atoms with Crippen LogP contribution in [-0.2, 0) is 11.3 Å². The van der Waals surface area contributed by atoms with Crippen molar-refractivity contribution in [1.82, 2.24) is 15.5 Å². The van der Waals surface area contributed by atoms with Crippen LogP contribution in [0.15, 0.2) is 47.5 Å². The highest BCUT2D eigenvalue weighted by molar-refractivity contribution is 5.83. The fraction of sp³-hybridized carbons (Fsp3) is 0.429. The first kappa shape index (κ1) is 19.8. The average molecular weight is 354 g/mol. The number of carbonyl (C=O) groups is 1. The Morgan fingerprint density at radius 1 is 1.00 bits per heavy atom. The molecule has 0 aromatic heterocycles. The molecule has 0 bridgehead atoms. The van der Waals surface area contributed by atoms with Gasteiger partial charge in [-0.1, -0.05) is 36.4 Å². The van der Waals surface area contributed by atoms with Crippen molar-refractivity contribution in [2.24, 2.45) is 4.99 Å². The molecule has 0 atom stereocenters. The summed E-state index contributed by atoms with van der Waals surface area (Å²) >= 11 is 0. The van der Waals surface area contributed by atoms with Crippen molar-refractivity contribution in [3.8, 4) is 0 Å². The van der Waals surface area contributed by atoms with Crippen LogP contribution in [0.5, 0.6) is 0 Å². The van der Waals surface area contributed by atoms with E-state index in [1.165, 1.54) is 16.3 Å². The van der Waals surface area contributed by atoms with Crippen LogP contribution in [0.1, 0.15) is 32.8 Å². The highest BCUT2D eigenvalue weighted by Crippen LogP contribution is 2.16. The van der Waals surface area contributed by atoms with Gasteiger partial charge in [0, 0.05) is 32.6 Å². The molecule has 0 radical (unpaired) electrons. The van der Waals surface area contributed by atoms with Gasteiger partial charge in [0.1, 0.15) is 0 Å². The molecule has 0 spiro atoms. The molecule has 5 nitrogen and oxygen atoms in total. The van der Waals surface area contributed by atoms with E-state index in [-0.39, 0.29) is 5.91 Å². The van der Waals surface area contributed by atoms with E-state index in [2.05, 4.69) is 46.0 Å². The van der Waals surface area contributed by atoms with E-state index in [4.69, 9.17) is 0 Å². The van der Waals surface area contributed by atoms with Gasteiger partial charge in [-0.3, -0.25) is 4.79 Å². The number of carbonyl (C=O) groups excluding carboxylic acids is 1. The number of amides is 1. The van der Waals surface area contributed by atoms with Crippen LogP contribution in [0.2, 0.25) is 0 Å². The van der Waals surface area contributed by atoms with Crippen LogP contribution >= 0.6 is 0 Å². The average Bonchev–Trinajstić information content (AvgIpc) is 2.67. The third kappa shape index (κ3) is 5.76. The molecular weight excluding hydrogens is 324 g/mol. The predicted molar refractivity (Wildman–Crippen MR) is 109 cm³/mol. The van der Waals surface area contributed by atoms with Crippen LogP contribution in [0.3, 0.4) is 0 Å². The predicted octanol–water partition coefficient (Wildman–Crippen LogP) is 3.15. The van der Waals surface area contributed by atoms with Gasteiger partial charge >= 0.3 is 0 Å². The number of hydrogen-bond donors (Lipinski definition) is 2. The van der Waals surface area contributed by atoms with Crippen LogP contribution in [0.25, 0.3) is 10.8 Å². The smallest absolute Gasteiger partial charge is 0.224 e. The van der Waals surface area contributed by atoms with Gasteiger partial charge in [0.15, 0.2) is 5.96 Å². The van der Waals surface area contributed by atoms with Crippen molar-refractivity contribution in [2.45, 2.75) is 33.7 Å². The van der Waals surface area contributed by atoms with Gasteiger partial charge in [0.25, 0.3) is 0 Å². The van der Waals surface area contributed by atoms with Gasteiger partial charge in [-0.25, -0.2) is 4.99 Å². The Balaban J connectivity index is 1.93. The lowest BCUT2D eigenvalue weighted by molar-refractivity contribution is -0.130. The summed E-state index contributed by atoms with van der Waals surface area (Å²) in [7, 11) is 0. The maximum Gasteiger partial charge on any atom is 0.224 e. The molecule has 2 aromatic rings.